The maximum Gasteiger partial charge on any atom is 0.142 e. The first-order chi connectivity index (χ1) is 6.83. The summed E-state index contributed by atoms with van der Waals surface area (Å²) in [7, 11) is 0. The maximum absolute atomic E-state index is 8.58. The van der Waals surface area contributed by atoms with Crippen LogP contribution in [0, 0.1) is 0 Å². The second-order valence-corrected chi connectivity index (χ2v) is 2.86. The minimum atomic E-state index is -0.453. The van der Waals surface area contributed by atoms with E-state index in [2.05, 4.69) is 5.16 Å². The lowest BCUT2D eigenvalue weighted by molar-refractivity contribution is 0.130. The standard InChI is InChI=1S/C10H14N2O2/c11-10(7-13)6-12-14-8-9-4-2-1-3-5-9/h1-6,10,13H,7-8,11H2/b12-6+. The van der Waals surface area contributed by atoms with Gasteiger partial charge in [0.05, 0.1) is 18.9 Å². The summed E-state index contributed by atoms with van der Waals surface area (Å²) in [6.07, 6.45) is 1.38. The van der Waals surface area contributed by atoms with Crippen LogP contribution in [0.3, 0.4) is 0 Å². The van der Waals surface area contributed by atoms with Crippen LogP contribution in [-0.4, -0.2) is 24.0 Å². The molecule has 0 bridgehead atoms. The summed E-state index contributed by atoms with van der Waals surface area (Å²) < 4.78 is 0. The number of benzene rings is 1. The van der Waals surface area contributed by atoms with Crippen molar-refractivity contribution >= 4 is 6.21 Å². The lowest BCUT2D eigenvalue weighted by Gasteiger charge is -2.00. The molecule has 0 aliphatic carbocycles. The van der Waals surface area contributed by atoms with E-state index in [4.69, 9.17) is 15.7 Å². The van der Waals surface area contributed by atoms with Crippen molar-refractivity contribution < 1.29 is 9.94 Å². The number of aliphatic hydroxyl groups is 1. The highest BCUT2D eigenvalue weighted by atomic mass is 16.6. The molecule has 1 rings (SSSR count). The molecule has 0 aromatic heterocycles. The van der Waals surface area contributed by atoms with E-state index in [0.29, 0.717) is 6.61 Å². The van der Waals surface area contributed by atoms with Crippen molar-refractivity contribution in [2.24, 2.45) is 10.9 Å². The maximum atomic E-state index is 8.58. The van der Waals surface area contributed by atoms with Gasteiger partial charge in [-0.3, -0.25) is 0 Å². The molecule has 0 amide bonds. The van der Waals surface area contributed by atoms with E-state index in [9.17, 15) is 0 Å². The normalized spacial score (nSPS) is 13.0. The lowest BCUT2D eigenvalue weighted by atomic mass is 10.2. The zero-order valence-electron chi connectivity index (χ0n) is 7.84. The molecule has 0 saturated heterocycles. The summed E-state index contributed by atoms with van der Waals surface area (Å²) in [6, 6.07) is 9.24. The minimum Gasteiger partial charge on any atom is -0.394 e. The van der Waals surface area contributed by atoms with Gasteiger partial charge in [0.25, 0.3) is 0 Å². The van der Waals surface area contributed by atoms with Gasteiger partial charge in [-0.25, -0.2) is 0 Å². The topological polar surface area (TPSA) is 67.8 Å². The largest absolute Gasteiger partial charge is 0.394 e. The van der Waals surface area contributed by atoms with Crippen molar-refractivity contribution in [3.8, 4) is 0 Å². The molecule has 4 nitrogen and oxygen atoms in total. The van der Waals surface area contributed by atoms with Crippen LogP contribution in [0.5, 0.6) is 0 Å². The van der Waals surface area contributed by atoms with Crippen molar-refractivity contribution in [1.29, 1.82) is 0 Å². The Morgan fingerprint density at radius 1 is 1.43 bits per heavy atom. The van der Waals surface area contributed by atoms with Crippen LogP contribution in [0.2, 0.25) is 0 Å². The van der Waals surface area contributed by atoms with Crippen LogP contribution in [0.15, 0.2) is 35.5 Å². The number of hydrogen-bond donors (Lipinski definition) is 2. The molecule has 1 aromatic rings. The van der Waals surface area contributed by atoms with Crippen LogP contribution in [0.1, 0.15) is 5.56 Å². The molecule has 0 aliphatic heterocycles. The Morgan fingerprint density at radius 2 is 2.14 bits per heavy atom. The van der Waals surface area contributed by atoms with E-state index >= 15 is 0 Å². The molecule has 3 N–H and O–H groups in total. The van der Waals surface area contributed by atoms with Crippen LogP contribution >= 0.6 is 0 Å². The fourth-order valence-electron chi connectivity index (χ4n) is 0.854. The lowest BCUT2D eigenvalue weighted by Crippen LogP contribution is -2.25. The van der Waals surface area contributed by atoms with Gasteiger partial charge in [-0.05, 0) is 5.56 Å². The Bertz CT molecular complexity index is 275. The number of nitrogens with two attached hydrogens (primary N) is 1. The molecule has 0 radical (unpaired) electrons. The van der Waals surface area contributed by atoms with Gasteiger partial charge in [-0.2, -0.15) is 0 Å². The van der Waals surface area contributed by atoms with E-state index < -0.39 is 6.04 Å². The van der Waals surface area contributed by atoms with E-state index in [1.54, 1.807) is 0 Å². The van der Waals surface area contributed by atoms with Crippen LogP contribution in [0.4, 0.5) is 0 Å². The first-order valence-electron chi connectivity index (χ1n) is 4.38. The highest BCUT2D eigenvalue weighted by molar-refractivity contribution is 5.63. The number of rotatable bonds is 5. The average molecular weight is 194 g/mol. The van der Waals surface area contributed by atoms with Gasteiger partial charge >= 0.3 is 0 Å². The first kappa shape index (κ1) is 10.7. The van der Waals surface area contributed by atoms with Crippen LogP contribution in [-0.2, 0) is 11.4 Å². The predicted molar refractivity (Wildman–Crippen MR) is 54.8 cm³/mol. The third-order valence-corrected chi connectivity index (χ3v) is 1.61. The highest BCUT2D eigenvalue weighted by Gasteiger charge is 1.93. The van der Waals surface area contributed by atoms with Crippen LogP contribution < -0.4 is 5.73 Å². The van der Waals surface area contributed by atoms with Crippen molar-refractivity contribution in [1.82, 2.24) is 0 Å². The Morgan fingerprint density at radius 3 is 2.79 bits per heavy atom. The third kappa shape index (κ3) is 4.02. The molecule has 1 unspecified atom stereocenters. The van der Waals surface area contributed by atoms with Crippen molar-refractivity contribution in [2.75, 3.05) is 6.61 Å². The molecular formula is C10H14N2O2. The van der Waals surface area contributed by atoms with Gasteiger partial charge in [0.1, 0.15) is 6.61 Å². The monoisotopic (exact) mass is 194 g/mol. The second kappa shape index (κ2) is 6.12. The number of aliphatic hydroxyl groups excluding tert-OH is 1. The van der Waals surface area contributed by atoms with E-state index in [0.717, 1.165) is 5.56 Å². The number of hydrogen-bond acceptors (Lipinski definition) is 4. The fourth-order valence-corrected chi connectivity index (χ4v) is 0.854. The molecule has 0 heterocycles. The van der Waals surface area contributed by atoms with Crippen molar-refractivity contribution in [2.45, 2.75) is 12.6 Å². The number of oxime groups is 1. The summed E-state index contributed by atoms with van der Waals surface area (Å²) in [6.45, 7) is 0.285. The smallest absolute Gasteiger partial charge is 0.142 e. The van der Waals surface area contributed by atoms with E-state index in [1.165, 1.54) is 6.21 Å². The molecule has 1 atom stereocenters. The van der Waals surface area contributed by atoms with Crippen molar-refractivity contribution in [3.63, 3.8) is 0 Å². The molecule has 76 valence electrons. The molecule has 0 fully saturated rings. The molecule has 4 heteroatoms. The third-order valence-electron chi connectivity index (χ3n) is 1.61. The summed E-state index contributed by atoms with van der Waals surface area (Å²) in [5.41, 5.74) is 6.42. The second-order valence-electron chi connectivity index (χ2n) is 2.86. The number of nitrogens with zero attached hydrogens (tertiary/aromatic N) is 1. The molecule has 0 saturated carbocycles. The Kier molecular flexibility index (Phi) is 4.68. The summed E-state index contributed by atoms with van der Waals surface area (Å²) in [4.78, 5) is 4.97. The van der Waals surface area contributed by atoms with E-state index in [-0.39, 0.29) is 6.61 Å². The summed E-state index contributed by atoms with van der Waals surface area (Å²) >= 11 is 0. The zero-order valence-corrected chi connectivity index (χ0v) is 7.84. The van der Waals surface area contributed by atoms with E-state index in [1.807, 2.05) is 30.3 Å². The predicted octanol–water partition coefficient (Wildman–Crippen LogP) is 0.509. The Balaban J connectivity index is 2.25. The minimum absolute atomic E-state index is 0.127. The molecule has 14 heavy (non-hydrogen) atoms. The zero-order chi connectivity index (χ0) is 10.2. The highest BCUT2D eigenvalue weighted by Crippen LogP contribution is 1.99. The fraction of sp³-hybridized carbons (Fsp3) is 0.300. The summed E-state index contributed by atoms with van der Waals surface area (Å²) in [5.74, 6) is 0. The quantitative estimate of drug-likeness (QED) is 0.530. The van der Waals surface area contributed by atoms with Gasteiger partial charge in [-0.1, -0.05) is 35.5 Å². The molecule has 1 aromatic carbocycles. The first-order valence-corrected chi connectivity index (χ1v) is 4.38. The van der Waals surface area contributed by atoms with Gasteiger partial charge in [0.15, 0.2) is 0 Å². The van der Waals surface area contributed by atoms with Gasteiger partial charge in [0, 0.05) is 0 Å². The van der Waals surface area contributed by atoms with Gasteiger partial charge in [-0.15, -0.1) is 0 Å². The Labute approximate surface area is 83.0 Å². The van der Waals surface area contributed by atoms with Crippen LogP contribution in [0.25, 0.3) is 0 Å². The van der Waals surface area contributed by atoms with Gasteiger partial charge < -0.3 is 15.7 Å². The average Bonchev–Trinajstić information content (AvgIpc) is 2.25. The van der Waals surface area contributed by atoms with Gasteiger partial charge in [0.2, 0.25) is 0 Å². The van der Waals surface area contributed by atoms with Crippen molar-refractivity contribution in [3.05, 3.63) is 35.9 Å². The summed E-state index contributed by atoms with van der Waals surface area (Å²) in [5, 5.41) is 12.2. The SMILES string of the molecule is NC(/C=N/OCc1ccccc1)CO. The molecular weight excluding hydrogens is 180 g/mol. The Hall–Kier alpha value is -1.39. The molecule has 0 aliphatic rings. The molecule has 0 spiro atoms.